The van der Waals surface area contributed by atoms with E-state index in [0.29, 0.717) is 82.4 Å². The van der Waals surface area contributed by atoms with Crippen molar-refractivity contribution < 1.29 is 50.2 Å². The summed E-state index contributed by atoms with van der Waals surface area (Å²) in [5.41, 5.74) is -2.56. The van der Waals surface area contributed by atoms with Crippen molar-refractivity contribution in [3.8, 4) is 0 Å². The second-order valence-corrected chi connectivity index (χ2v) is 17.4. The summed E-state index contributed by atoms with van der Waals surface area (Å²) in [6.45, 7) is 5.57. The molecule has 2 aliphatic heterocycles. The van der Waals surface area contributed by atoms with Gasteiger partial charge in [-0.05, 0) is 106 Å². The molecular weight excluding hydrogens is 849 g/mol. The fourth-order valence-corrected chi connectivity index (χ4v) is 9.12. The summed E-state index contributed by atoms with van der Waals surface area (Å²) < 4.78 is 95.3. The first-order valence-electron chi connectivity index (χ1n) is 20.3. The van der Waals surface area contributed by atoms with Crippen LogP contribution in [0.5, 0.6) is 0 Å². The first-order valence-corrected chi connectivity index (χ1v) is 21.1. The number of ether oxygens (including phenoxy) is 2. The maximum atomic E-state index is 13.8. The van der Waals surface area contributed by atoms with Crippen LogP contribution in [-0.4, -0.2) is 104 Å². The molecule has 1 N–H and O–H groups in total. The monoisotopic (exact) mass is 898 g/mol. The number of hydrogen-bond acceptors (Lipinski definition) is 6. The minimum atomic E-state index is -5.12. The molecule has 1 spiro atoms. The lowest BCUT2D eigenvalue weighted by molar-refractivity contribution is -0.143. The number of benzene rings is 3. The molecule has 0 bridgehead atoms. The van der Waals surface area contributed by atoms with Gasteiger partial charge in [0.1, 0.15) is 12.2 Å². The van der Waals surface area contributed by atoms with Gasteiger partial charge in [-0.1, -0.05) is 53.5 Å². The Labute approximate surface area is 361 Å². The summed E-state index contributed by atoms with van der Waals surface area (Å²) >= 11 is 12.7. The van der Waals surface area contributed by atoms with E-state index < -0.39 is 40.6 Å². The van der Waals surface area contributed by atoms with Crippen LogP contribution in [0, 0.1) is 0 Å². The maximum absolute atomic E-state index is 13.8. The van der Waals surface area contributed by atoms with Gasteiger partial charge < -0.3 is 29.5 Å². The third-order valence-corrected chi connectivity index (χ3v) is 12.8. The van der Waals surface area contributed by atoms with Crippen LogP contribution >= 0.6 is 23.2 Å². The molecule has 2 atom stereocenters. The number of fused-ring (bicyclic) bond motifs is 2. The Hall–Kier alpha value is -3.89. The summed E-state index contributed by atoms with van der Waals surface area (Å²) in [5.74, 6) is -1.22. The number of likely N-dealkylation sites (N-methyl/N-ethyl adjacent to an activating group) is 1. The summed E-state index contributed by atoms with van der Waals surface area (Å²) in [6, 6.07) is 14.0. The fourth-order valence-electron chi connectivity index (χ4n) is 8.82. The number of carbonyl (C=O) groups is 3. The number of halogens is 8. The second kappa shape index (κ2) is 18.8. The lowest BCUT2D eigenvalue weighted by atomic mass is 9.72. The van der Waals surface area contributed by atoms with E-state index in [-0.39, 0.29) is 71.8 Å². The van der Waals surface area contributed by atoms with Gasteiger partial charge in [0.2, 0.25) is 11.8 Å². The molecule has 1 aliphatic carbocycles. The van der Waals surface area contributed by atoms with E-state index in [2.05, 4.69) is 22.3 Å². The number of carbonyl (C=O) groups excluding carboxylic acids is 3. The van der Waals surface area contributed by atoms with E-state index >= 15 is 0 Å². The number of piperidine rings is 1. The van der Waals surface area contributed by atoms with Gasteiger partial charge in [-0.25, -0.2) is 0 Å². The topological polar surface area (TPSA) is 91.4 Å². The molecule has 3 aromatic carbocycles. The molecule has 0 aromatic heterocycles. The minimum Gasteiger partial charge on any atom is -0.367 e. The molecule has 3 amide bonds. The highest BCUT2D eigenvalue weighted by molar-refractivity contribution is 6.42. The molecule has 2 heterocycles. The van der Waals surface area contributed by atoms with Crippen LogP contribution in [0.1, 0.15) is 84.1 Å². The summed E-state index contributed by atoms with van der Waals surface area (Å²) in [7, 11) is 1.70. The molecule has 0 unspecified atom stereocenters. The number of amides is 3. The van der Waals surface area contributed by atoms with Crippen LogP contribution in [0.25, 0.3) is 0 Å². The quantitative estimate of drug-likeness (QED) is 0.173. The fraction of sp³-hybridized carbons (Fsp3) is 0.523. The lowest BCUT2D eigenvalue weighted by Gasteiger charge is -2.46. The third-order valence-electron chi connectivity index (χ3n) is 12.1. The molecule has 61 heavy (non-hydrogen) atoms. The van der Waals surface area contributed by atoms with Gasteiger partial charge in [-0.2, -0.15) is 26.3 Å². The van der Waals surface area contributed by atoms with Crippen molar-refractivity contribution in [1.82, 2.24) is 20.0 Å². The molecular formula is C44H50Cl2F6N4O5. The Bertz CT molecular complexity index is 2040. The van der Waals surface area contributed by atoms with Crippen molar-refractivity contribution in [1.29, 1.82) is 0 Å². The zero-order valence-corrected chi connectivity index (χ0v) is 35.7. The molecule has 3 aromatic rings. The zero-order chi connectivity index (χ0) is 44.3. The largest absolute Gasteiger partial charge is 0.416 e. The number of nitrogens with zero attached hydrogens (tertiary/aromatic N) is 3. The van der Waals surface area contributed by atoms with Crippen LogP contribution in [-0.2, 0) is 48.9 Å². The van der Waals surface area contributed by atoms with Crippen molar-refractivity contribution in [2.24, 2.45) is 0 Å². The van der Waals surface area contributed by atoms with E-state index in [9.17, 15) is 40.7 Å². The average molecular weight is 900 g/mol. The SMILES string of the molecule is CC(C)NC(=O)CCCN(C)C(=O)CO[C@H]1Cc2ccccc2C12CCN(CC[C@@]1(c3ccc(Cl)c(Cl)c3)CN(C(=O)c3cc(C(F)(F)F)cc(C(F)(F)F)c3)CCO1)CC2. The highest BCUT2D eigenvalue weighted by Gasteiger charge is 2.50. The van der Waals surface area contributed by atoms with Gasteiger partial charge in [0.15, 0.2) is 0 Å². The van der Waals surface area contributed by atoms with E-state index in [1.165, 1.54) is 16.0 Å². The molecule has 2 saturated heterocycles. The van der Waals surface area contributed by atoms with Crippen molar-refractivity contribution in [3.63, 3.8) is 0 Å². The highest BCUT2D eigenvalue weighted by Crippen LogP contribution is 2.48. The molecule has 332 valence electrons. The summed E-state index contributed by atoms with van der Waals surface area (Å²) in [6.07, 6.45) is -7.26. The standard InChI is InChI=1S/C44H50Cl2F6N4O5/c1-28(2)53-38(57)9-6-15-54(3)39(58)26-60-37-23-29-7-4-5-8-34(29)41(37)12-16-55(17-13-41)18-14-42(31-10-11-35(45)36(46)25-31)27-56(19-20-61-42)40(59)30-21-32(43(47,48)49)24-33(22-30)44(50,51)52/h4-5,7-8,10-11,21-22,24-25,28,37H,6,9,12-20,23,26-27H2,1-3H3,(H,53,57)/t37-,42-/m0/s1. The van der Waals surface area contributed by atoms with E-state index in [0.717, 1.165) is 0 Å². The molecule has 0 saturated carbocycles. The smallest absolute Gasteiger partial charge is 0.367 e. The Balaban J connectivity index is 1.16. The normalized spacial score (nSPS) is 20.5. The second-order valence-electron chi connectivity index (χ2n) is 16.5. The Morgan fingerprint density at radius 2 is 1.61 bits per heavy atom. The maximum Gasteiger partial charge on any atom is 0.416 e. The number of morpholine rings is 1. The summed E-state index contributed by atoms with van der Waals surface area (Å²) in [5, 5.41) is 3.33. The van der Waals surface area contributed by atoms with Gasteiger partial charge in [-0.15, -0.1) is 0 Å². The summed E-state index contributed by atoms with van der Waals surface area (Å²) in [4.78, 5) is 44.1. The average Bonchev–Trinajstić information content (AvgIpc) is 3.51. The molecule has 9 nitrogen and oxygen atoms in total. The number of likely N-dealkylation sites (tertiary alicyclic amines) is 1. The van der Waals surface area contributed by atoms with Crippen LogP contribution in [0.4, 0.5) is 26.3 Å². The number of rotatable bonds is 13. The first kappa shape index (κ1) is 46.6. The lowest BCUT2D eigenvalue weighted by Crippen LogP contribution is -2.54. The van der Waals surface area contributed by atoms with E-state index in [1.807, 2.05) is 26.0 Å². The van der Waals surface area contributed by atoms with Crippen LogP contribution in [0.15, 0.2) is 60.7 Å². The predicted octanol–water partition coefficient (Wildman–Crippen LogP) is 8.53. The van der Waals surface area contributed by atoms with Crippen LogP contribution in [0.3, 0.4) is 0 Å². The van der Waals surface area contributed by atoms with Gasteiger partial charge >= 0.3 is 12.4 Å². The van der Waals surface area contributed by atoms with Crippen molar-refractivity contribution in [2.45, 2.75) is 87.9 Å². The van der Waals surface area contributed by atoms with Gasteiger partial charge in [0.25, 0.3) is 5.91 Å². The van der Waals surface area contributed by atoms with Gasteiger partial charge in [-0.3, -0.25) is 14.4 Å². The van der Waals surface area contributed by atoms with Crippen molar-refractivity contribution in [2.75, 3.05) is 59.5 Å². The molecule has 6 rings (SSSR count). The Morgan fingerprint density at radius 3 is 2.25 bits per heavy atom. The van der Waals surface area contributed by atoms with Crippen LogP contribution < -0.4 is 5.32 Å². The molecule has 3 aliphatic rings. The molecule has 0 radical (unpaired) electrons. The van der Waals surface area contributed by atoms with Crippen molar-refractivity contribution in [3.05, 3.63) is 104 Å². The molecule has 17 heteroatoms. The predicted molar refractivity (Wildman–Crippen MR) is 218 cm³/mol. The van der Waals surface area contributed by atoms with E-state index in [4.69, 9.17) is 32.7 Å². The van der Waals surface area contributed by atoms with Gasteiger partial charge in [0.05, 0.1) is 40.4 Å². The third kappa shape index (κ3) is 10.8. The number of nitrogens with one attached hydrogen (secondary N) is 1. The Kier molecular flexibility index (Phi) is 14.4. The van der Waals surface area contributed by atoms with E-state index in [1.54, 1.807) is 30.1 Å². The highest BCUT2D eigenvalue weighted by atomic mass is 35.5. The van der Waals surface area contributed by atoms with Crippen LogP contribution in [0.2, 0.25) is 10.0 Å². The first-order chi connectivity index (χ1) is 28.7. The Morgan fingerprint density at radius 1 is 0.934 bits per heavy atom. The number of hydrogen-bond donors (Lipinski definition) is 1. The zero-order valence-electron chi connectivity index (χ0n) is 34.2. The van der Waals surface area contributed by atoms with Gasteiger partial charge in [0, 0.05) is 50.1 Å². The van der Waals surface area contributed by atoms with Crippen molar-refractivity contribution >= 4 is 40.9 Å². The number of alkyl halides is 6. The minimum absolute atomic E-state index is 0.00376. The molecule has 2 fully saturated rings.